The van der Waals surface area contributed by atoms with Gasteiger partial charge in [-0.2, -0.15) is 0 Å². The minimum atomic E-state index is -4.21. The summed E-state index contributed by atoms with van der Waals surface area (Å²) in [5, 5.41) is 3.17. The van der Waals surface area contributed by atoms with Gasteiger partial charge in [-0.05, 0) is 67.8 Å². The van der Waals surface area contributed by atoms with E-state index in [1.165, 1.54) is 47.4 Å². The average Bonchev–Trinajstić information content (AvgIpc) is 2.89. The van der Waals surface area contributed by atoms with Crippen molar-refractivity contribution in [2.45, 2.75) is 45.2 Å². The molecule has 1 atom stereocenters. The molecule has 0 spiro atoms. The van der Waals surface area contributed by atoms with Crippen LogP contribution in [0.2, 0.25) is 5.02 Å². The maximum Gasteiger partial charge on any atom is 0.264 e. The Bertz CT molecular complexity index is 1410. The van der Waals surface area contributed by atoms with Gasteiger partial charge in [0.05, 0.1) is 10.6 Å². The topological polar surface area (TPSA) is 86.8 Å². The van der Waals surface area contributed by atoms with Gasteiger partial charge >= 0.3 is 0 Å². The van der Waals surface area contributed by atoms with E-state index in [1.54, 1.807) is 31.2 Å². The number of hydrogen-bond acceptors (Lipinski definition) is 4. The van der Waals surface area contributed by atoms with Crippen LogP contribution in [0.25, 0.3) is 0 Å². The molecule has 0 aliphatic rings. The number of carbonyl (C=O) groups excluding carboxylic acids is 2. The lowest BCUT2D eigenvalue weighted by Gasteiger charge is -2.32. The molecule has 3 rings (SSSR count). The molecule has 0 aromatic heterocycles. The van der Waals surface area contributed by atoms with Crippen LogP contribution in [-0.2, 0) is 26.2 Å². The Balaban J connectivity index is 2.02. The SMILES string of the molecule is Cc1cccc(N(CC(=O)N(Cc2ccccc2F)[C@H](C)C(=O)NCC(C)C)S(=O)(=O)c2ccc(Cl)cc2)c1. The first-order valence-corrected chi connectivity index (χ1v) is 14.4. The fourth-order valence-corrected chi connectivity index (χ4v) is 5.42. The molecule has 3 aromatic carbocycles. The Labute approximate surface area is 234 Å². The fourth-order valence-electron chi connectivity index (χ4n) is 3.89. The minimum Gasteiger partial charge on any atom is -0.354 e. The number of aryl methyl sites for hydroxylation is 1. The molecule has 0 fully saturated rings. The highest BCUT2D eigenvalue weighted by atomic mass is 35.5. The Morgan fingerprint density at radius 1 is 0.974 bits per heavy atom. The lowest BCUT2D eigenvalue weighted by atomic mass is 10.1. The summed E-state index contributed by atoms with van der Waals surface area (Å²) in [6, 6.07) is 17.4. The first kappa shape index (κ1) is 30.1. The molecule has 0 heterocycles. The van der Waals surface area contributed by atoms with Gasteiger partial charge in [-0.25, -0.2) is 12.8 Å². The van der Waals surface area contributed by atoms with Crippen molar-refractivity contribution in [1.29, 1.82) is 0 Å². The predicted octanol–water partition coefficient (Wildman–Crippen LogP) is 5.17. The average molecular weight is 574 g/mol. The lowest BCUT2D eigenvalue weighted by Crippen LogP contribution is -2.51. The highest BCUT2D eigenvalue weighted by molar-refractivity contribution is 7.92. The molecular formula is C29H33ClFN3O4S. The van der Waals surface area contributed by atoms with E-state index in [0.717, 1.165) is 9.87 Å². The first-order chi connectivity index (χ1) is 18.4. The molecular weight excluding hydrogens is 541 g/mol. The van der Waals surface area contributed by atoms with Gasteiger partial charge in [0, 0.05) is 23.7 Å². The highest BCUT2D eigenvalue weighted by Crippen LogP contribution is 2.26. The van der Waals surface area contributed by atoms with E-state index < -0.39 is 40.2 Å². The fraction of sp³-hybridized carbons (Fsp3) is 0.310. The molecule has 10 heteroatoms. The number of amides is 2. The van der Waals surface area contributed by atoms with E-state index in [0.29, 0.717) is 11.6 Å². The third-order valence-corrected chi connectivity index (χ3v) is 8.16. The van der Waals surface area contributed by atoms with E-state index in [2.05, 4.69) is 5.32 Å². The Kier molecular flexibility index (Phi) is 10.1. The number of nitrogens with one attached hydrogen (secondary N) is 1. The third-order valence-electron chi connectivity index (χ3n) is 6.12. The van der Waals surface area contributed by atoms with Gasteiger partial charge in [-0.3, -0.25) is 13.9 Å². The quantitative estimate of drug-likeness (QED) is 0.343. The number of hydrogen-bond donors (Lipinski definition) is 1. The van der Waals surface area contributed by atoms with E-state index in [1.807, 2.05) is 26.8 Å². The van der Waals surface area contributed by atoms with Crippen molar-refractivity contribution in [2.75, 3.05) is 17.4 Å². The number of halogens is 2. The smallest absolute Gasteiger partial charge is 0.264 e. The lowest BCUT2D eigenvalue weighted by molar-refractivity contribution is -0.139. The molecule has 1 N–H and O–H groups in total. The second-order valence-electron chi connectivity index (χ2n) is 9.73. The van der Waals surface area contributed by atoms with Gasteiger partial charge in [-0.1, -0.05) is 55.8 Å². The number of rotatable bonds is 11. The second kappa shape index (κ2) is 13.1. The van der Waals surface area contributed by atoms with Crippen molar-refractivity contribution in [1.82, 2.24) is 10.2 Å². The van der Waals surface area contributed by atoms with Crippen molar-refractivity contribution in [3.05, 3.63) is 94.8 Å². The van der Waals surface area contributed by atoms with Crippen LogP contribution >= 0.6 is 11.6 Å². The normalized spacial score (nSPS) is 12.2. The molecule has 7 nitrogen and oxygen atoms in total. The number of benzene rings is 3. The summed E-state index contributed by atoms with van der Waals surface area (Å²) in [4.78, 5) is 28.0. The summed E-state index contributed by atoms with van der Waals surface area (Å²) >= 11 is 5.97. The zero-order chi connectivity index (χ0) is 28.7. The molecule has 208 valence electrons. The van der Waals surface area contributed by atoms with Crippen LogP contribution in [0.3, 0.4) is 0 Å². The zero-order valence-electron chi connectivity index (χ0n) is 22.4. The maximum atomic E-state index is 14.6. The number of anilines is 1. The van der Waals surface area contributed by atoms with Crippen LogP contribution in [0.1, 0.15) is 31.9 Å². The van der Waals surface area contributed by atoms with Crippen molar-refractivity contribution in [3.63, 3.8) is 0 Å². The van der Waals surface area contributed by atoms with Gasteiger partial charge in [0.15, 0.2) is 0 Å². The minimum absolute atomic E-state index is 0.0513. The molecule has 0 unspecified atom stereocenters. The maximum absolute atomic E-state index is 14.6. The molecule has 0 saturated carbocycles. The molecule has 2 amide bonds. The van der Waals surface area contributed by atoms with Crippen molar-refractivity contribution >= 4 is 39.1 Å². The van der Waals surface area contributed by atoms with Crippen molar-refractivity contribution in [3.8, 4) is 0 Å². The summed E-state index contributed by atoms with van der Waals surface area (Å²) in [5.41, 5.74) is 1.28. The molecule has 0 saturated heterocycles. The van der Waals surface area contributed by atoms with Crippen LogP contribution in [0.5, 0.6) is 0 Å². The van der Waals surface area contributed by atoms with Crippen LogP contribution in [0.15, 0.2) is 77.7 Å². The Morgan fingerprint density at radius 2 is 1.64 bits per heavy atom. The molecule has 3 aromatic rings. The van der Waals surface area contributed by atoms with E-state index in [-0.39, 0.29) is 28.6 Å². The van der Waals surface area contributed by atoms with Gasteiger partial charge in [0.2, 0.25) is 11.8 Å². The molecule has 0 aliphatic heterocycles. The van der Waals surface area contributed by atoms with Crippen molar-refractivity contribution in [2.24, 2.45) is 5.92 Å². The second-order valence-corrected chi connectivity index (χ2v) is 12.0. The summed E-state index contributed by atoms with van der Waals surface area (Å²) in [6.45, 7) is 6.80. The molecule has 0 aliphatic carbocycles. The van der Waals surface area contributed by atoms with E-state index >= 15 is 0 Å². The van der Waals surface area contributed by atoms with E-state index in [9.17, 15) is 22.4 Å². The van der Waals surface area contributed by atoms with E-state index in [4.69, 9.17) is 11.6 Å². The van der Waals surface area contributed by atoms with Gasteiger partial charge in [0.1, 0.15) is 18.4 Å². The van der Waals surface area contributed by atoms with Crippen molar-refractivity contribution < 1.29 is 22.4 Å². The Morgan fingerprint density at radius 3 is 2.26 bits per heavy atom. The van der Waals surface area contributed by atoms with Crippen LogP contribution in [0, 0.1) is 18.7 Å². The zero-order valence-corrected chi connectivity index (χ0v) is 24.0. The summed E-state index contributed by atoms with van der Waals surface area (Å²) in [7, 11) is -4.21. The van der Waals surface area contributed by atoms with Crippen LogP contribution < -0.4 is 9.62 Å². The summed E-state index contributed by atoms with van der Waals surface area (Å²) < 4.78 is 43.1. The van der Waals surface area contributed by atoms with Gasteiger partial charge in [-0.15, -0.1) is 0 Å². The largest absolute Gasteiger partial charge is 0.354 e. The van der Waals surface area contributed by atoms with Crippen LogP contribution in [-0.4, -0.2) is 44.3 Å². The van der Waals surface area contributed by atoms with Gasteiger partial charge < -0.3 is 10.2 Å². The Hall–Kier alpha value is -3.43. The standard InChI is InChI=1S/C29H33ClFN3O4S/c1-20(2)17-32-29(36)22(4)33(18-23-9-5-6-11-27(23)31)28(35)19-34(25-10-7-8-21(3)16-25)39(37,38)26-14-12-24(30)13-15-26/h5-16,20,22H,17-19H2,1-4H3,(H,32,36)/t22-/m1/s1. The number of nitrogens with zero attached hydrogens (tertiary/aromatic N) is 2. The molecule has 39 heavy (non-hydrogen) atoms. The number of carbonyl (C=O) groups is 2. The van der Waals surface area contributed by atoms with Crippen LogP contribution in [0.4, 0.5) is 10.1 Å². The molecule has 0 radical (unpaired) electrons. The summed E-state index contributed by atoms with van der Waals surface area (Å²) in [5.74, 6) is -1.44. The third kappa shape index (κ3) is 7.80. The number of sulfonamides is 1. The monoisotopic (exact) mass is 573 g/mol. The molecule has 0 bridgehead atoms. The highest BCUT2D eigenvalue weighted by Gasteiger charge is 2.33. The summed E-state index contributed by atoms with van der Waals surface area (Å²) in [6.07, 6.45) is 0. The van der Waals surface area contributed by atoms with Gasteiger partial charge in [0.25, 0.3) is 10.0 Å². The predicted molar refractivity (Wildman–Crippen MR) is 151 cm³/mol. The first-order valence-electron chi connectivity index (χ1n) is 12.6.